The SMILES string of the molecule is [2H]C([2H])([2H])N1CN(c2[c-]c(Oc3[c-]c4c(cc3)c3c(C(C)(C)C)cccc3n4-c3cc(C(C)(C)C)ccn3)cc(C(C)(C)C)c2)c2ccccc21.[Pt+2]. The van der Waals surface area contributed by atoms with E-state index in [4.69, 9.17) is 13.8 Å². The topological polar surface area (TPSA) is 33.5 Å². The third kappa shape index (κ3) is 6.39. The van der Waals surface area contributed by atoms with Crippen molar-refractivity contribution in [2.75, 3.05) is 23.4 Å². The molecule has 0 atom stereocenters. The summed E-state index contributed by atoms with van der Waals surface area (Å²) in [6, 6.07) is 33.7. The van der Waals surface area contributed by atoms with Gasteiger partial charge in [-0.15, -0.1) is 41.3 Å². The minimum absolute atomic E-state index is 0. The third-order valence-electron chi connectivity index (χ3n) is 9.28. The van der Waals surface area contributed by atoms with Crippen LogP contribution in [0.1, 0.15) is 83.1 Å². The van der Waals surface area contributed by atoms with Gasteiger partial charge in [0.1, 0.15) is 5.82 Å². The average molecular weight is 833 g/mol. The van der Waals surface area contributed by atoms with Gasteiger partial charge in [-0.3, -0.25) is 0 Å². The number of hydrogen-bond acceptors (Lipinski definition) is 4. The Morgan fingerprint density at radius 2 is 1.47 bits per heavy atom. The summed E-state index contributed by atoms with van der Waals surface area (Å²) < 4.78 is 33.5. The molecular weight excluding hydrogens is 784 g/mol. The maximum Gasteiger partial charge on any atom is 2.00 e. The van der Waals surface area contributed by atoms with E-state index in [1.54, 1.807) is 0 Å². The van der Waals surface area contributed by atoms with Gasteiger partial charge in [-0.2, -0.15) is 6.07 Å². The summed E-state index contributed by atoms with van der Waals surface area (Å²) in [6.07, 6.45) is 1.89. The van der Waals surface area contributed by atoms with Crippen LogP contribution in [0.5, 0.6) is 11.5 Å². The summed E-state index contributed by atoms with van der Waals surface area (Å²) in [7, 11) is 0. The molecule has 0 spiro atoms. The molecule has 7 rings (SSSR count). The molecule has 6 heteroatoms. The van der Waals surface area contributed by atoms with Crippen molar-refractivity contribution < 1.29 is 29.9 Å². The summed E-state index contributed by atoms with van der Waals surface area (Å²) in [5.41, 5.74) is 7.33. The smallest absolute Gasteiger partial charge is 0.509 e. The molecule has 0 fully saturated rings. The Morgan fingerprint density at radius 3 is 2.16 bits per heavy atom. The standard InChI is InChI=1S/C43H46N4O.Pt/c1-41(2,3)28-20-21-44-39(24-28)47-37-17-13-14-34(43(7,8)9)40(37)33-19-18-31(26-38(33)47)48-32-23-29(42(4,5)6)22-30(25-32)46-27-45(10)35-15-11-12-16-36(35)46;/h11-24H,27H2,1-10H3;/q-2;+2/i10D3;. The van der Waals surface area contributed by atoms with Crippen LogP contribution in [0.2, 0.25) is 0 Å². The normalized spacial score (nSPS) is 14.8. The molecule has 1 aliphatic rings. The van der Waals surface area contributed by atoms with Crippen LogP contribution >= 0.6 is 0 Å². The first-order valence-corrected chi connectivity index (χ1v) is 16.7. The number of ether oxygens (including phenoxy) is 1. The van der Waals surface area contributed by atoms with E-state index < -0.39 is 6.98 Å². The van der Waals surface area contributed by atoms with Crippen LogP contribution in [0.3, 0.4) is 0 Å². The van der Waals surface area contributed by atoms with Gasteiger partial charge in [0, 0.05) is 34.3 Å². The molecule has 0 saturated carbocycles. The van der Waals surface area contributed by atoms with E-state index in [1.807, 2.05) is 47.5 Å². The molecule has 0 bridgehead atoms. The maximum absolute atomic E-state index is 8.21. The Bertz CT molecular complexity index is 2290. The van der Waals surface area contributed by atoms with Crippen molar-refractivity contribution >= 4 is 38.9 Å². The zero-order valence-corrected chi connectivity index (χ0v) is 32.1. The van der Waals surface area contributed by atoms with Gasteiger partial charge >= 0.3 is 21.1 Å². The number of nitrogens with zero attached hydrogens (tertiary/aromatic N) is 4. The average Bonchev–Trinajstić information content (AvgIpc) is 3.60. The van der Waals surface area contributed by atoms with Crippen molar-refractivity contribution in [2.24, 2.45) is 0 Å². The zero-order chi connectivity index (χ0) is 36.7. The van der Waals surface area contributed by atoms with E-state index in [1.165, 1.54) is 21.4 Å². The third-order valence-corrected chi connectivity index (χ3v) is 9.28. The van der Waals surface area contributed by atoms with Crippen molar-refractivity contribution in [3.05, 3.63) is 114 Å². The maximum atomic E-state index is 8.21. The molecule has 49 heavy (non-hydrogen) atoms. The molecule has 0 amide bonds. The number of anilines is 3. The van der Waals surface area contributed by atoms with Crippen molar-refractivity contribution in [2.45, 2.75) is 78.6 Å². The molecule has 0 unspecified atom stereocenters. The first-order valence-electron chi connectivity index (χ1n) is 18.2. The Morgan fingerprint density at radius 1 is 0.735 bits per heavy atom. The molecule has 0 radical (unpaired) electrons. The Kier molecular flexibility index (Phi) is 7.80. The largest absolute Gasteiger partial charge is 2.00 e. The van der Waals surface area contributed by atoms with Crippen molar-refractivity contribution in [1.29, 1.82) is 0 Å². The fraction of sp³-hybridized carbons (Fsp3) is 0.326. The fourth-order valence-electron chi connectivity index (χ4n) is 6.60. The number of rotatable bonds is 4. The molecule has 254 valence electrons. The number of hydrogen-bond donors (Lipinski definition) is 0. The molecule has 4 aromatic carbocycles. The molecule has 0 N–H and O–H groups in total. The van der Waals surface area contributed by atoms with Crippen LogP contribution in [-0.4, -0.2) is 23.2 Å². The van der Waals surface area contributed by atoms with E-state index in [2.05, 4.69) is 121 Å². The second-order valence-corrected chi connectivity index (χ2v) is 16.0. The zero-order valence-electron chi connectivity index (χ0n) is 32.8. The van der Waals surface area contributed by atoms with Gasteiger partial charge < -0.3 is 19.1 Å². The van der Waals surface area contributed by atoms with Gasteiger partial charge in [0.05, 0.1) is 18.0 Å². The molecular formula is C43H46N4OPt. The van der Waals surface area contributed by atoms with Crippen molar-refractivity contribution in [3.8, 4) is 17.3 Å². The summed E-state index contributed by atoms with van der Waals surface area (Å²) in [5, 5.41) is 2.26. The summed E-state index contributed by atoms with van der Waals surface area (Å²) >= 11 is 0. The van der Waals surface area contributed by atoms with Gasteiger partial charge in [0.2, 0.25) is 0 Å². The van der Waals surface area contributed by atoms with Gasteiger partial charge in [-0.1, -0.05) is 97.8 Å². The van der Waals surface area contributed by atoms with Crippen LogP contribution in [0.4, 0.5) is 17.1 Å². The van der Waals surface area contributed by atoms with Gasteiger partial charge in [0.25, 0.3) is 0 Å². The van der Waals surface area contributed by atoms with Crippen molar-refractivity contribution in [1.82, 2.24) is 9.55 Å². The number of aromatic nitrogens is 2. The summed E-state index contributed by atoms with van der Waals surface area (Å²) in [6.45, 7) is 17.7. The molecule has 3 heterocycles. The quantitative estimate of drug-likeness (QED) is 0.166. The summed E-state index contributed by atoms with van der Waals surface area (Å²) in [5.74, 6) is 1.91. The molecule has 2 aromatic heterocycles. The minimum Gasteiger partial charge on any atom is -0.509 e. The number of pyridine rings is 1. The van der Waals surface area contributed by atoms with Crippen LogP contribution in [-0.2, 0) is 37.3 Å². The predicted molar refractivity (Wildman–Crippen MR) is 201 cm³/mol. The molecule has 0 saturated heterocycles. The van der Waals surface area contributed by atoms with E-state index in [0.717, 1.165) is 39.2 Å². The van der Waals surface area contributed by atoms with Gasteiger partial charge in [-0.25, -0.2) is 4.98 Å². The van der Waals surface area contributed by atoms with Crippen LogP contribution in [0.15, 0.2) is 85.1 Å². The molecule has 5 nitrogen and oxygen atoms in total. The first kappa shape index (κ1) is 30.9. The second kappa shape index (κ2) is 12.4. The minimum atomic E-state index is -2.29. The fourth-order valence-corrected chi connectivity index (χ4v) is 6.60. The van der Waals surface area contributed by atoms with Crippen LogP contribution < -0.4 is 14.5 Å². The number of benzene rings is 4. The Labute approximate surface area is 310 Å². The molecule has 0 aliphatic carbocycles. The summed E-state index contributed by atoms with van der Waals surface area (Å²) in [4.78, 5) is 8.33. The van der Waals surface area contributed by atoms with Gasteiger partial charge in [0.15, 0.2) is 0 Å². The van der Waals surface area contributed by atoms with Crippen LogP contribution in [0, 0.1) is 12.1 Å². The molecule has 1 aliphatic heterocycles. The first-order chi connectivity index (χ1) is 23.8. The number of fused-ring (bicyclic) bond motifs is 4. The van der Waals surface area contributed by atoms with Gasteiger partial charge in [-0.05, 0) is 63.1 Å². The van der Waals surface area contributed by atoms with E-state index >= 15 is 0 Å². The number of para-hydroxylation sites is 2. The molecule has 6 aromatic rings. The second-order valence-electron chi connectivity index (χ2n) is 16.0. The monoisotopic (exact) mass is 832 g/mol. The Balaban J connectivity index is 0.00000464. The van der Waals surface area contributed by atoms with E-state index in [-0.39, 0.29) is 44.0 Å². The van der Waals surface area contributed by atoms with E-state index in [9.17, 15) is 0 Å². The Hall–Kier alpha value is -4.08. The van der Waals surface area contributed by atoms with Crippen LogP contribution in [0.25, 0.3) is 27.6 Å². The predicted octanol–water partition coefficient (Wildman–Crippen LogP) is 11.0. The van der Waals surface area contributed by atoms with E-state index in [0.29, 0.717) is 17.2 Å². The van der Waals surface area contributed by atoms with Crippen molar-refractivity contribution in [3.63, 3.8) is 0 Å².